The first-order valence-corrected chi connectivity index (χ1v) is 7.16. The van der Waals surface area contributed by atoms with E-state index in [1.54, 1.807) is 0 Å². The molecule has 1 aliphatic rings. The minimum Gasteiger partial charge on any atom is -0.341 e. The fourth-order valence-electron chi connectivity index (χ4n) is 2.56. The molecule has 0 spiro atoms. The summed E-state index contributed by atoms with van der Waals surface area (Å²) in [6, 6.07) is 0.274. The van der Waals surface area contributed by atoms with Gasteiger partial charge in [0.05, 0.1) is 5.69 Å². The van der Waals surface area contributed by atoms with Crippen LogP contribution in [-0.2, 0) is 6.54 Å². The Balaban J connectivity index is 2.12. The molecule has 0 bridgehead atoms. The number of rotatable bonds is 4. The van der Waals surface area contributed by atoms with E-state index in [-0.39, 0.29) is 6.04 Å². The molecule has 2 atom stereocenters. The summed E-state index contributed by atoms with van der Waals surface area (Å²) in [5, 5.41) is 0. The standard InChI is InChI=1S/C14H26N4/c1-4-5-7-17-9-12(3)16-14(17)18-8-6-11(2)13(15)10-18/h9,11,13H,4-8,10,15H2,1-3H3. The Labute approximate surface area is 110 Å². The number of piperidine rings is 1. The predicted molar refractivity (Wildman–Crippen MR) is 75.8 cm³/mol. The van der Waals surface area contributed by atoms with E-state index in [0.29, 0.717) is 5.92 Å². The molecule has 2 rings (SSSR count). The van der Waals surface area contributed by atoms with Gasteiger partial charge in [-0.15, -0.1) is 0 Å². The van der Waals surface area contributed by atoms with E-state index < -0.39 is 0 Å². The molecule has 1 aliphatic heterocycles. The first-order valence-electron chi connectivity index (χ1n) is 7.16. The Morgan fingerprint density at radius 2 is 2.28 bits per heavy atom. The van der Waals surface area contributed by atoms with E-state index in [2.05, 4.69) is 41.4 Å². The lowest BCUT2D eigenvalue weighted by atomic mass is 9.94. The third-order valence-electron chi connectivity index (χ3n) is 3.93. The average Bonchev–Trinajstić information content (AvgIpc) is 2.71. The summed E-state index contributed by atoms with van der Waals surface area (Å²) in [6.07, 6.45) is 5.75. The number of aromatic nitrogens is 2. The summed E-state index contributed by atoms with van der Waals surface area (Å²) in [5.41, 5.74) is 7.29. The first kappa shape index (κ1) is 13.4. The third-order valence-corrected chi connectivity index (χ3v) is 3.93. The monoisotopic (exact) mass is 250 g/mol. The number of aryl methyl sites for hydroxylation is 2. The number of hydrogen-bond acceptors (Lipinski definition) is 3. The Morgan fingerprint density at radius 3 is 2.94 bits per heavy atom. The van der Waals surface area contributed by atoms with Gasteiger partial charge in [-0.05, 0) is 25.7 Å². The van der Waals surface area contributed by atoms with Crippen LogP contribution in [0.3, 0.4) is 0 Å². The van der Waals surface area contributed by atoms with Crippen molar-refractivity contribution in [2.24, 2.45) is 11.7 Å². The third kappa shape index (κ3) is 2.86. The molecule has 0 saturated carbocycles. The number of nitrogens with zero attached hydrogens (tertiary/aromatic N) is 3. The van der Waals surface area contributed by atoms with Crippen molar-refractivity contribution in [2.45, 2.75) is 52.6 Å². The first-order chi connectivity index (χ1) is 8.61. The minimum absolute atomic E-state index is 0.274. The van der Waals surface area contributed by atoms with E-state index in [0.717, 1.165) is 31.3 Å². The van der Waals surface area contributed by atoms with E-state index in [4.69, 9.17) is 5.73 Å². The van der Waals surface area contributed by atoms with Crippen LogP contribution in [0.25, 0.3) is 0 Å². The smallest absolute Gasteiger partial charge is 0.205 e. The summed E-state index contributed by atoms with van der Waals surface area (Å²) >= 11 is 0. The van der Waals surface area contributed by atoms with Crippen molar-refractivity contribution in [1.29, 1.82) is 0 Å². The molecule has 1 aromatic heterocycles. The fraction of sp³-hybridized carbons (Fsp3) is 0.786. The van der Waals surface area contributed by atoms with Crippen molar-refractivity contribution < 1.29 is 0 Å². The van der Waals surface area contributed by atoms with Gasteiger partial charge < -0.3 is 15.2 Å². The summed E-state index contributed by atoms with van der Waals surface area (Å²) in [4.78, 5) is 7.03. The van der Waals surface area contributed by atoms with Crippen molar-refractivity contribution in [3.63, 3.8) is 0 Å². The number of anilines is 1. The maximum Gasteiger partial charge on any atom is 0.205 e. The predicted octanol–water partition coefficient (Wildman–Crippen LogP) is 2.17. The molecule has 1 fully saturated rings. The average molecular weight is 250 g/mol. The Kier molecular flexibility index (Phi) is 4.27. The highest BCUT2D eigenvalue weighted by atomic mass is 15.3. The van der Waals surface area contributed by atoms with Crippen LogP contribution in [0.5, 0.6) is 0 Å². The van der Waals surface area contributed by atoms with Gasteiger partial charge in [0.15, 0.2) is 0 Å². The summed E-state index contributed by atoms with van der Waals surface area (Å²) in [5.74, 6) is 1.74. The zero-order valence-electron chi connectivity index (χ0n) is 11.9. The van der Waals surface area contributed by atoms with Crippen LogP contribution in [-0.4, -0.2) is 28.7 Å². The zero-order chi connectivity index (χ0) is 13.1. The second kappa shape index (κ2) is 5.74. The fourth-order valence-corrected chi connectivity index (χ4v) is 2.56. The van der Waals surface area contributed by atoms with E-state index in [9.17, 15) is 0 Å². The molecule has 0 radical (unpaired) electrons. The number of hydrogen-bond donors (Lipinski definition) is 1. The van der Waals surface area contributed by atoms with Crippen LogP contribution in [0.4, 0.5) is 5.95 Å². The van der Waals surface area contributed by atoms with Gasteiger partial charge >= 0.3 is 0 Å². The molecule has 2 heterocycles. The summed E-state index contributed by atoms with van der Waals surface area (Å²) in [6.45, 7) is 9.62. The van der Waals surface area contributed by atoms with Crippen LogP contribution in [0.2, 0.25) is 0 Å². The molecule has 0 aromatic carbocycles. The molecular formula is C14H26N4. The maximum absolute atomic E-state index is 6.18. The lowest BCUT2D eigenvalue weighted by molar-refractivity contribution is 0.373. The van der Waals surface area contributed by atoms with Crippen molar-refractivity contribution in [3.8, 4) is 0 Å². The van der Waals surface area contributed by atoms with Gasteiger partial charge in [0.1, 0.15) is 0 Å². The molecule has 0 aliphatic carbocycles. The highest BCUT2D eigenvalue weighted by Crippen LogP contribution is 2.22. The van der Waals surface area contributed by atoms with Crippen LogP contribution >= 0.6 is 0 Å². The van der Waals surface area contributed by atoms with Crippen LogP contribution in [0.1, 0.15) is 38.8 Å². The van der Waals surface area contributed by atoms with Gasteiger partial charge in [0.2, 0.25) is 5.95 Å². The van der Waals surface area contributed by atoms with Gasteiger partial charge in [0, 0.05) is 31.9 Å². The van der Waals surface area contributed by atoms with Gasteiger partial charge in [-0.1, -0.05) is 20.3 Å². The number of imidazole rings is 1. The molecule has 0 amide bonds. The summed E-state index contributed by atoms with van der Waals surface area (Å²) in [7, 11) is 0. The summed E-state index contributed by atoms with van der Waals surface area (Å²) < 4.78 is 2.29. The molecule has 4 heteroatoms. The van der Waals surface area contributed by atoms with E-state index in [1.807, 2.05) is 0 Å². The van der Waals surface area contributed by atoms with Crippen LogP contribution < -0.4 is 10.6 Å². The van der Waals surface area contributed by atoms with E-state index in [1.165, 1.54) is 19.3 Å². The highest BCUT2D eigenvalue weighted by Gasteiger charge is 2.25. The maximum atomic E-state index is 6.18. The molecule has 1 aromatic rings. The van der Waals surface area contributed by atoms with E-state index >= 15 is 0 Å². The van der Waals surface area contributed by atoms with Crippen LogP contribution in [0, 0.1) is 12.8 Å². The normalized spacial score (nSPS) is 24.6. The molecule has 2 unspecified atom stereocenters. The van der Waals surface area contributed by atoms with Crippen molar-refractivity contribution >= 4 is 5.95 Å². The van der Waals surface area contributed by atoms with Crippen molar-refractivity contribution in [2.75, 3.05) is 18.0 Å². The van der Waals surface area contributed by atoms with Gasteiger partial charge in [-0.25, -0.2) is 4.98 Å². The second-order valence-electron chi connectivity index (χ2n) is 5.61. The Morgan fingerprint density at radius 1 is 1.50 bits per heavy atom. The largest absolute Gasteiger partial charge is 0.341 e. The molecular weight excluding hydrogens is 224 g/mol. The Hall–Kier alpha value is -1.03. The SMILES string of the molecule is CCCCn1cc(C)nc1N1CCC(C)C(N)C1. The van der Waals surface area contributed by atoms with Crippen molar-refractivity contribution in [1.82, 2.24) is 9.55 Å². The molecule has 1 saturated heterocycles. The number of unbranched alkanes of at least 4 members (excludes halogenated alkanes) is 1. The van der Waals surface area contributed by atoms with Gasteiger partial charge in [-0.2, -0.15) is 0 Å². The highest BCUT2D eigenvalue weighted by molar-refractivity contribution is 5.34. The molecule has 4 nitrogen and oxygen atoms in total. The number of nitrogens with two attached hydrogens (primary N) is 1. The lowest BCUT2D eigenvalue weighted by Gasteiger charge is -2.35. The zero-order valence-corrected chi connectivity index (χ0v) is 11.9. The minimum atomic E-state index is 0.274. The quantitative estimate of drug-likeness (QED) is 0.891. The van der Waals surface area contributed by atoms with Crippen molar-refractivity contribution in [3.05, 3.63) is 11.9 Å². The lowest BCUT2D eigenvalue weighted by Crippen LogP contribution is -2.48. The molecule has 2 N–H and O–H groups in total. The molecule has 18 heavy (non-hydrogen) atoms. The Bertz CT molecular complexity index is 385. The van der Waals surface area contributed by atoms with Gasteiger partial charge in [-0.3, -0.25) is 0 Å². The van der Waals surface area contributed by atoms with Crippen LogP contribution in [0.15, 0.2) is 6.20 Å². The second-order valence-corrected chi connectivity index (χ2v) is 5.61. The van der Waals surface area contributed by atoms with Gasteiger partial charge in [0.25, 0.3) is 0 Å². The topological polar surface area (TPSA) is 47.1 Å². The molecule has 102 valence electrons.